The number of carboxylic acid groups (broad SMARTS) is 1. The quantitative estimate of drug-likeness (QED) is 0.306. The fraction of sp³-hybridized carbons (Fsp3) is 0.409. The van der Waals surface area contributed by atoms with Crippen LogP contribution in [0.3, 0.4) is 0 Å². The first-order valence-corrected chi connectivity index (χ1v) is 11.6. The van der Waals surface area contributed by atoms with Gasteiger partial charge in [0.05, 0.1) is 10.5 Å². The van der Waals surface area contributed by atoms with Crippen LogP contribution >= 0.6 is 0 Å². The monoisotopic (exact) mass is 475 g/mol. The van der Waals surface area contributed by atoms with Crippen LogP contribution in [0, 0.1) is 5.82 Å². The zero-order chi connectivity index (χ0) is 23.8. The van der Waals surface area contributed by atoms with E-state index in [1.54, 1.807) is 0 Å². The van der Waals surface area contributed by atoms with Gasteiger partial charge in [-0.3, -0.25) is 4.79 Å². The van der Waals surface area contributed by atoms with Crippen LogP contribution in [-0.4, -0.2) is 19.5 Å². The van der Waals surface area contributed by atoms with Crippen LogP contribution in [-0.2, 0) is 21.0 Å². The molecular formula is C22H25F4NO4S. The predicted molar refractivity (Wildman–Crippen MR) is 111 cm³/mol. The summed E-state index contributed by atoms with van der Waals surface area (Å²) in [6.45, 7) is 0. The average Bonchev–Trinajstić information content (AvgIpc) is 2.72. The number of unbranched alkanes of at least 4 members (excludes halogenated alkanes) is 4. The number of rotatable bonds is 12. The fourth-order valence-electron chi connectivity index (χ4n) is 3.22. The highest BCUT2D eigenvalue weighted by atomic mass is 32.2. The molecule has 0 spiro atoms. The van der Waals surface area contributed by atoms with Crippen molar-refractivity contribution in [3.63, 3.8) is 0 Å². The molecule has 0 aliphatic carbocycles. The number of sulfonamides is 1. The third-order valence-electron chi connectivity index (χ3n) is 4.95. The average molecular weight is 476 g/mol. The second kappa shape index (κ2) is 11.4. The molecule has 0 amide bonds. The van der Waals surface area contributed by atoms with Gasteiger partial charge in [-0.25, -0.2) is 17.5 Å². The van der Waals surface area contributed by atoms with Crippen molar-refractivity contribution in [1.29, 1.82) is 0 Å². The number of alkyl halides is 3. The molecule has 0 saturated heterocycles. The molecule has 1 atom stereocenters. The Morgan fingerprint density at radius 1 is 0.906 bits per heavy atom. The van der Waals surface area contributed by atoms with Gasteiger partial charge >= 0.3 is 12.1 Å². The van der Waals surface area contributed by atoms with Crippen molar-refractivity contribution in [3.8, 4) is 0 Å². The Bertz CT molecular complexity index is 974. The van der Waals surface area contributed by atoms with E-state index in [4.69, 9.17) is 5.11 Å². The molecule has 0 aliphatic heterocycles. The van der Waals surface area contributed by atoms with Crippen LogP contribution in [0.1, 0.15) is 62.1 Å². The summed E-state index contributed by atoms with van der Waals surface area (Å²) < 4.78 is 79.6. The molecule has 2 aromatic rings. The van der Waals surface area contributed by atoms with Crippen molar-refractivity contribution in [3.05, 3.63) is 65.5 Å². The highest BCUT2D eigenvalue weighted by Crippen LogP contribution is 2.30. The van der Waals surface area contributed by atoms with Gasteiger partial charge in [-0.1, -0.05) is 37.8 Å². The first kappa shape index (κ1) is 25.8. The third kappa shape index (κ3) is 8.23. The molecule has 0 heterocycles. The van der Waals surface area contributed by atoms with E-state index in [2.05, 4.69) is 4.72 Å². The van der Waals surface area contributed by atoms with Crippen LogP contribution in [0.25, 0.3) is 0 Å². The summed E-state index contributed by atoms with van der Waals surface area (Å²) in [7, 11) is -4.12. The van der Waals surface area contributed by atoms with E-state index in [1.807, 2.05) is 0 Å². The minimum absolute atomic E-state index is 0.102. The number of halogens is 4. The summed E-state index contributed by atoms with van der Waals surface area (Å²) in [6, 6.07) is 7.86. The van der Waals surface area contributed by atoms with E-state index in [0.717, 1.165) is 31.4 Å². The van der Waals surface area contributed by atoms with Crippen LogP contribution in [0.5, 0.6) is 0 Å². The molecule has 176 valence electrons. The lowest BCUT2D eigenvalue weighted by molar-refractivity contribution is -0.138. The Morgan fingerprint density at radius 2 is 1.47 bits per heavy atom. The Labute approximate surface area is 184 Å². The summed E-state index contributed by atoms with van der Waals surface area (Å²) in [5, 5.41) is 8.64. The van der Waals surface area contributed by atoms with Crippen molar-refractivity contribution in [1.82, 2.24) is 4.72 Å². The molecule has 32 heavy (non-hydrogen) atoms. The molecule has 5 nitrogen and oxygen atoms in total. The fourth-order valence-corrected chi connectivity index (χ4v) is 4.48. The maximum Gasteiger partial charge on any atom is 0.416 e. The van der Waals surface area contributed by atoms with Crippen molar-refractivity contribution in [2.45, 2.75) is 62.1 Å². The SMILES string of the molecule is O=C(O)CCCCCCCC(NS(=O)(=O)c1ccc(C(F)(F)F)cc1)c1ccc(F)cc1. The smallest absolute Gasteiger partial charge is 0.416 e. The minimum atomic E-state index is -4.57. The van der Waals surface area contributed by atoms with Gasteiger partial charge < -0.3 is 5.11 Å². The molecule has 0 aromatic heterocycles. The number of hydrogen-bond acceptors (Lipinski definition) is 3. The Hall–Kier alpha value is -2.46. The van der Waals surface area contributed by atoms with Gasteiger partial charge in [0.1, 0.15) is 5.82 Å². The van der Waals surface area contributed by atoms with E-state index in [-0.39, 0.29) is 11.3 Å². The summed E-state index contributed by atoms with van der Waals surface area (Å²) >= 11 is 0. The largest absolute Gasteiger partial charge is 0.481 e. The molecule has 10 heteroatoms. The highest BCUT2D eigenvalue weighted by molar-refractivity contribution is 7.89. The van der Waals surface area contributed by atoms with E-state index < -0.39 is 39.6 Å². The topological polar surface area (TPSA) is 83.5 Å². The lowest BCUT2D eigenvalue weighted by Crippen LogP contribution is -2.29. The summed E-state index contributed by atoms with van der Waals surface area (Å²) in [5.74, 6) is -1.32. The predicted octanol–water partition coefficient (Wildman–Crippen LogP) is 5.68. The van der Waals surface area contributed by atoms with Crippen LogP contribution in [0.2, 0.25) is 0 Å². The molecule has 2 N–H and O–H groups in total. The molecule has 0 bridgehead atoms. The second-order valence-corrected chi connectivity index (χ2v) is 9.16. The highest BCUT2D eigenvalue weighted by Gasteiger charge is 2.31. The third-order valence-corrected chi connectivity index (χ3v) is 6.43. The summed E-state index contributed by atoms with van der Waals surface area (Å²) in [5.41, 5.74) is -0.415. The zero-order valence-corrected chi connectivity index (χ0v) is 18.1. The maximum atomic E-state index is 13.3. The molecule has 0 saturated carbocycles. The Balaban J connectivity index is 2.06. The van der Waals surface area contributed by atoms with Gasteiger partial charge in [-0.2, -0.15) is 13.2 Å². The molecule has 2 rings (SSSR count). The molecule has 0 fully saturated rings. The van der Waals surface area contributed by atoms with Gasteiger partial charge in [0.2, 0.25) is 10.0 Å². The maximum absolute atomic E-state index is 13.3. The van der Waals surface area contributed by atoms with Crippen LogP contribution < -0.4 is 4.72 Å². The van der Waals surface area contributed by atoms with Crippen molar-refractivity contribution in [2.75, 3.05) is 0 Å². The van der Waals surface area contributed by atoms with E-state index in [0.29, 0.717) is 37.0 Å². The van der Waals surface area contributed by atoms with Gasteiger partial charge in [0, 0.05) is 12.5 Å². The Kier molecular flexibility index (Phi) is 9.21. The number of carbonyl (C=O) groups is 1. The zero-order valence-electron chi connectivity index (χ0n) is 17.2. The van der Waals surface area contributed by atoms with Crippen molar-refractivity contribution < 1.29 is 35.9 Å². The lowest BCUT2D eigenvalue weighted by Gasteiger charge is -2.20. The number of carboxylic acids is 1. The van der Waals surface area contributed by atoms with E-state index >= 15 is 0 Å². The van der Waals surface area contributed by atoms with Crippen LogP contribution in [0.4, 0.5) is 17.6 Å². The number of benzene rings is 2. The van der Waals surface area contributed by atoms with Gasteiger partial charge in [-0.05, 0) is 54.8 Å². The van der Waals surface area contributed by atoms with Gasteiger partial charge in [0.15, 0.2) is 0 Å². The molecule has 0 radical (unpaired) electrons. The Morgan fingerprint density at radius 3 is 2.03 bits per heavy atom. The molecule has 2 aromatic carbocycles. The first-order valence-electron chi connectivity index (χ1n) is 10.2. The molecule has 1 unspecified atom stereocenters. The number of aliphatic carboxylic acids is 1. The summed E-state index contributed by atoms with van der Waals surface area (Å²) in [4.78, 5) is 10.2. The van der Waals surface area contributed by atoms with Crippen molar-refractivity contribution in [2.24, 2.45) is 0 Å². The number of nitrogens with one attached hydrogen (secondary N) is 1. The van der Waals surface area contributed by atoms with Gasteiger partial charge in [0.25, 0.3) is 0 Å². The van der Waals surface area contributed by atoms with E-state index in [1.165, 1.54) is 24.3 Å². The van der Waals surface area contributed by atoms with Gasteiger partial charge in [-0.15, -0.1) is 0 Å². The van der Waals surface area contributed by atoms with E-state index in [9.17, 15) is 30.8 Å². The van der Waals surface area contributed by atoms with Crippen LogP contribution in [0.15, 0.2) is 53.4 Å². The van der Waals surface area contributed by atoms with Crippen molar-refractivity contribution >= 4 is 16.0 Å². The first-order chi connectivity index (χ1) is 15.0. The molecular weight excluding hydrogens is 450 g/mol. The molecule has 0 aliphatic rings. The standard InChI is InChI=1S/C22H25F4NO4S/c23-18-12-8-16(9-13-18)20(6-4-2-1-3-5-7-21(28)29)27-32(30,31)19-14-10-17(11-15-19)22(24,25)26/h8-15,20,27H,1-7H2,(H,28,29). The second-order valence-electron chi connectivity index (χ2n) is 7.45. The lowest BCUT2D eigenvalue weighted by atomic mass is 10.0. The number of hydrogen-bond donors (Lipinski definition) is 2. The normalized spacial score (nSPS) is 13.1. The minimum Gasteiger partial charge on any atom is -0.481 e. The summed E-state index contributed by atoms with van der Waals surface area (Å²) in [6.07, 6.45) is -0.604.